The minimum absolute atomic E-state index is 0.0708. The van der Waals surface area contributed by atoms with Crippen molar-refractivity contribution in [3.63, 3.8) is 0 Å². The van der Waals surface area contributed by atoms with E-state index in [4.69, 9.17) is 10.8 Å². The van der Waals surface area contributed by atoms with Gasteiger partial charge < -0.3 is 20.8 Å². The van der Waals surface area contributed by atoms with Crippen molar-refractivity contribution in [2.45, 2.75) is 26.3 Å². The van der Waals surface area contributed by atoms with Gasteiger partial charge in [-0.2, -0.15) is 0 Å². The lowest BCUT2D eigenvalue weighted by atomic mass is 9.96. The van der Waals surface area contributed by atoms with E-state index in [1.165, 1.54) is 0 Å². The monoisotopic (exact) mass is 277 g/mol. The van der Waals surface area contributed by atoms with E-state index in [1.807, 2.05) is 13.8 Å². The van der Waals surface area contributed by atoms with Crippen LogP contribution in [0.25, 0.3) is 11.0 Å². The summed E-state index contributed by atoms with van der Waals surface area (Å²) in [5.41, 5.74) is 7.29. The first-order valence-electron chi connectivity index (χ1n) is 6.05. The fourth-order valence-electron chi connectivity index (χ4n) is 2.14. The predicted octanol–water partition coefficient (Wildman–Crippen LogP) is -0.212. The molecule has 0 aliphatic rings. The Hall–Kier alpha value is -2.41. The molecule has 7 heteroatoms. The third kappa shape index (κ3) is 2.35. The second kappa shape index (κ2) is 4.93. The first kappa shape index (κ1) is 14.0. The number of fused-ring (bicyclic) bond motifs is 1. The number of aryl methyl sites for hydroxylation is 1. The zero-order valence-electron chi connectivity index (χ0n) is 11.1. The number of rotatable bonds is 3. The van der Waals surface area contributed by atoms with E-state index in [0.717, 1.165) is 11.1 Å². The minimum atomic E-state index is -1.12. The molecule has 20 heavy (non-hydrogen) atoms. The quantitative estimate of drug-likeness (QED) is 0.577. The molecule has 0 saturated carbocycles. The van der Waals surface area contributed by atoms with Crippen molar-refractivity contribution in [3.05, 3.63) is 43.5 Å². The second-order valence-corrected chi connectivity index (χ2v) is 4.78. The topological polar surface area (TPSA) is 129 Å². The zero-order chi connectivity index (χ0) is 15.0. The molecule has 1 atom stereocenters. The van der Waals surface area contributed by atoms with Crippen molar-refractivity contribution in [2.24, 2.45) is 5.73 Å². The first-order chi connectivity index (χ1) is 9.31. The highest BCUT2D eigenvalue weighted by molar-refractivity contribution is 5.82. The molecule has 0 aliphatic carbocycles. The molecule has 5 N–H and O–H groups in total. The SMILES string of the molecule is Cc1cc2[nH]c(=O)c(=O)[nH]c2c(CC(N)C(=O)O)c1C. The van der Waals surface area contributed by atoms with Gasteiger partial charge in [0.2, 0.25) is 0 Å². The first-order valence-corrected chi connectivity index (χ1v) is 6.05. The molecule has 0 aliphatic heterocycles. The molecule has 1 unspecified atom stereocenters. The highest BCUT2D eigenvalue weighted by atomic mass is 16.4. The molecule has 0 fully saturated rings. The number of carboxylic acid groups (broad SMARTS) is 1. The number of benzene rings is 1. The number of aliphatic carboxylic acids is 1. The lowest BCUT2D eigenvalue weighted by Crippen LogP contribution is -2.33. The van der Waals surface area contributed by atoms with Gasteiger partial charge in [0, 0.05) is 6.42 Å². The third-order valence-corrected chi connectivity index (χ3v) is 3.41. The Morgan fingerprint density at radius 3 is 2.50 bits per heavy atom. The summed E-state index contributed by atoms with van der Waals surface area (Å²) in [5, 5.41) is 8.92. The predicted molar refractivity (Wildman–Crippen MR) is 74.0 cm³/mol. The van der Waals surface area contributed by atoms with Gasteiger partial charge >= 0.3 is 17.1 Å². The van der Waals surface area contributed by atoms with Crippen LogP contribution >= 0.6 is 0 Å². The lowest BCUT2D eigenvalue weighted by Gasteiger charge is -2.14. The van der Waals surface area contributed by atoms with E-state index in [2.05, 4.69) is 9.97 Å². The smallest absolute Gasteiger partial charge is 0.320 e. The Morgan fingerprint density at radius 1 is 1.30 bits per heavy atom. The van der Waals surface area contributed by atoms with Gasteiger partial charge in [-0.15, -0.1) is 0 Å². The summed E-state index contributed by atoms with van der Waals surface area (Å²) in [7, 11) is 0. The van der Waals surface area contributed by atoms with Gasteiger partial charge in [-0.25, -0.2) is 0 Å². The van der Waals surface area contributed by atoms with Gasteiger partial charge in [-0.05, 0) is 36.6 Å². The average molecular weight is 277 g/mol. The minimum Gasteiger partial charge on any atom is -0.480 e. The van der Waals surface area contributed by atoms with E-state index in [0.29, 0.717) is 16.6 Å². The fourth-order valence-corrected chi connectivity index (χ4v) is 2.14. The summed E-state index contributed by atoms with van der Waals surface area (Å²) < 4.78 is 0. The molecule has 0 amide bonds. The molecule has 2 rings (SSSR count). The summed E-state index contributed by atoms with van der Waals surface area (Å²) in [6.45, 7) is 3.66. The Labute approximate surface area is 113 Å². The van der Waals surface area contributed by atoms with Crippen molar-refractivity contribution < 1.29 is 9.90 Å². The van der Waals surface area contributed by atoms with Gasteiger partial charge in [0.15, 0.2) is 0 Å². The summed E-state index contributed by atoms with van der Waals surface area (Å²) in [5.74, 6) is -1.12. The van der Waals surface area contributed by atoms with Crippen LogP contribution < -0.4 is 16.9 Å². The van der Waals surface area contributed by atoms with Crippen LogP contribution in [0.3, 0.4) is 0 Å². The summed E-state index contributed by atoms with van der Waals surface area (Å²) in [4.78, 5) is 38.7. The number of carbonyl (C=O) groups is 1. The molecule has 1 aromatic heterocycles. The number of hydrogen-bond donors (Lipinski definition) is 4. The van der Waals surface area contributed by atoms with Crippen molar-refractivity contribution in [2.75, 3.05) is 0 Å². The molecule has 106 valence electrons. The van der Waals surface area contributed by atoms with Gasteiger partial charge in [0.05, 0.1) is 11.0 Å². The van der Waals surface area contributed by atoms with Crippen molar-refractivity contribution in [1.82, 2.24) is 9.97 Å². The fraction of sp³-hybridized carbons (Fsp3) is 0.308. The Kier molecular flexibility index (Phi) is 3.46. The molecule has 7 nitrogen and oxygen atoms in total. The summed E-state index contributed by atoms with van der Waals surface area (Å²) in [6.07, 6.45) is 0.0708. The van der Waals surface area contributed by atoms with Gasteiger partial charge in [0.25, 0.3) is 0 Å². The van der Waals surface area contributed by atoms with Crippen LogP contribution in [-0.4, -0.2) is 27.1 Å². The van der Waals surface area contributed by atoms with Crippen LogP contribution in [0.15, 0.2) is 15.7 Å². The molecule has 1 heterocycles. The van der Waals surface area contributed by atoms with Crippen LogP contribution in [0.5, 0.6) is 0 Å². The van der Waals surface area contributed by atoms with Gasteiger partial charge in [0.1, 0.15) is 6.04 Å². The molecule has 0 bridgehead atoms. The van der Waals surface area contributed by atoms with E-state index in [-0.39, 0.29) is 6.42 Å². The number of H-pyrrole nitrogens is 2. The third-order valence-electron chi connectivity index (χ3n) is 3.41. The Morgan fingerprint density at radius 2 is 1.90 bits per heavy atom. The van der Waals surface area contributed by atoms with Crippen molar-refractivity contribution in [1.29, 1.82) is 0 Å². The average Bonchev–Trinajstić information content (AvgIpc) is 2.37. The second-order valence-electron chi connectivity index (χ2n) is 4.78. The number of hydrogen-bond acceptors (Lipinski definition) is 4. The number of nitrogens with two attached hydrogens (primary N) is 1. The van der Waals surface area contributed by atoms with E-state index >= 15 is 0 Å². The van der Waals surface area contributed by atoms with E-state index in [9.17, 15) is 14.4 Å². The van der Waals surface area contributed by atoms with Crippen LogP contribution in [0.1, 0.15) is 16.7 Å². The van der Waals surface area contributed by atoms with E-state index < -0.39 is 23.1 Å². The zero-order valence-corrected chi connectivity index (χ0v) is 11.1. The Balaban J connectivity index is 2.76. The largest absolute Gasteiger partial charge is 0.480 e. The van der Waals surface area contributed by atoms with Crippen LogP contribution in [0.4, 0.5) is 0 Å². The number of aromatic nitrogens is 2. The maximum Gasteiger partial charge on any atom is 0.320 e. The summed E-state index contributed by atoms with van der Waals surface area (Å²) >= 11 is 0. The van der Waals surface area contributed by atoms with Gasteiger partial charge in [-0.1, -0.05) is 0 Å². The van der Waals surface area contributed by atoms with Crippen LogP contribution in [0.2, 0.25) is 0 Å². The molecular weight excluding hydrogens is 262 g/mol. The molecule has 2 aromatic rings. The number of aromatic amines is 2. The molecule has 0 saturated heterocycles. The standard InChI is InChI=1S/C13H15N3O4/c1-5-3-9-10(16-12(18)11(17)15-9)7(6(5)2)4-8(14)13(19)20/h3,8H,4,14H2,1-2H3,(H,15,17)(H,16,18)(H,19,20). The van der Waals surface area contributed by atoms with Crippen molar-refractivity contribution in [3.8, 4) is 0 Å². The normalized spacial score (nSPS) is 12.6. The van der Waals surface area contributed by atoms with E-state index in [1.54, 1.807) is 6.07 Å². The highest BCUT2D eigenvalue weighted by Crippen LogP contribution is 2.22. The highest BCUT2D eigenvalue weighted by Gasteiger charge is 2.18. The van der Waals surface area contributed by atoms with Crippen LogP contribution in [-0.2, 0) is 11.2 Å². The molecule has 0 spiro atoms. The maximum atomic E-state index is 11.5. The molecular formula is C13H15N3O4. The molecule has 0 radical (unpaired) electrons. The molecule has 1 aromatic carbocycles. The summed E-state index contributed by atoms with van der Waals surface area (Å²) in [6, 6.07) is 0.659. The van der Waals surface area contributed by atoms with Gasteiger partial charge in [-0.3, -0.25) is 14.4 Å². The number of nitrogens with one attached hydrogen (secondary N) is 2. The lowest BCUT2D eigenvalue weighted by molar-refractivity contribution is -0.138. The van der Waals surface area contributed by atoms with Crippen molar-refractivity contribution >= 4 is 17.0 Å². The number of carboxylic acids is 1. The maximum absolute atomic E-state index is 11.5. The van der Waals surface area contributed by atoms with Crippen LogP contribution in [0, 0.1) is 13.8 Å². The Bertz CT molecular complexity index is 804.